The quantitative estimate of drug-likeness (QED) is 0.613. The summed E-state index contributed by atoms with van der Waals surface area (Å²) in [7, 11) is 0. The first kappa shape index (κ1) is 17.4. The molecule has 118 valence electrons. The molecule has 5 nitrogen and oxygen atoms in total. The highest BCUT2D eigenvalue weighted by Gasteiger charge is 2.15. The van der Waals surface area contributed by atoms with E-state index in [0.29, 0.717) is 26.9 Å². The lowest BCUT2D eigenvalue weighted by atomic mass is 10.1. The van der Waals surface area contributed by atoms with Crippen LogP contribution in [-0.2, 0) is 11.3 Å². The number of hydrogen-bond donors (Lipinski definition) is 0. The molecule has 2 rings (SSSR count). The zero-order chi connectivity index (χ0) is 17.1. The standard InChI is InChI=1S/C15H10Cl3N3O2/c1-8-10(5-9(6-19)15(22)23)14(18)21(20-8)7-11-12(16)3-2-4-13(11)17/h2-5H,7H2,1H3,(H,22,23)/p-1/b9-5+. The first-order chi connectivity index (χ1) is 10.8. The zero-order valence-electron chi connectivity index (χ0n) is 11.8. The molecule has 0 atom stereocenters. The van der Waals surface area contributed by atoms with Crippen molar-refractivity contribution in [2.24, 2.45) is 0 Å². The van der Waals surface area contributed by atoms with E-state index in [0.717, 1.165) is 6.08 Å². The van der Waals surface area contributed by atoms with E-state index in [-0.39, 0.29) is 11.7 Å². The maximum atomic E-state index is 10.8. The Morgan fingerprint density at radius 2 is 2.00 bits per heavy atom. The lowest BCUT2D eigenvalue weighted by molar-refractivity contribution is -0.298. The average molecular weight is 370 g/mol. The third kappa shape index (κ3) is 3.67. The summed E-state index contributed by atoms with van der Waals surface area (Å²) < 4.78 is 1.43. The zero-order valence-corrected chi connectivity index (χ0v) is 14.1. The van der Waals surface area contributed by atoms with E-state index < -0.39 is 11.5 Å². The summed E-state index contributed by atoms with van der Waals surface area (Å²) in [5.74, 6) is -1.58. The summed E-state index contributed by atoms with van der Waals surface area (Å²) in [4.78, 5) is 10.8. The molecule has 1 heterocycles. The number of nitrogens with zero attached hydrogens (tertiary/aromatic N) is 3. The van der Waals surface area contributed by atoms with Crippen molar-refractivity contribution in [1.29, 1.82) is 5.26 Å². The van der Waals surface area contributed by atoms with Crippen LogP contribution in [0.4, 0.5) is 0 Å². The van der Waals surface area contributed by atoms with Crippen LogP contribution in [0.25, 0.3) is 6.08 Å². The monoisotopic (exact) mass is 368 g/mol. The van der Waals surface area contributed by atoms with Crippen LogP contribution in [0.2, 0.25) is 15.2 Å². The minimum Gasteiger partial charge on any atom is -0.544 e. The third-order valence-corrected chi connectivity index (χ3v) is 4.21. The highest BCUT2D eigenvalue weighted by molar-refractivity contribution is 6.36. The fourth-order valence-electron chi connectivity index (χ4n) is 1.95. The number of carbonyl (C=O) groups excluding carboxylic acids is 1. The maximum absolute atomic E-state index is 10.8. The van der Waals surface area contributed by atoms with Gasteiger partial charge < -0.3 is 9.90 Å². The minimum atomic E-state index is -1.58. The molecule has 0 bridgehead atoms. The Balaban J connectivity index is 2.47. The first-order valence-corrected chi connectivity index (χ1v) is 7.47. The second-order valence-corrected chi connectivity index (χ2v) is 5.78. The van der Waals surface area contributed by atoms with Gasteiger partial charge in [0.1, 0.15) is 11.2 Å². The molecule has 0 fully saturated rings. The lowest BCUT2D eigenvalue weighted by Gasteiger charge is -2.08. The normalized spacial score (nSPS) is 11.3. The fourth-order valence-corrected chi connectivity index (χ4v) is 2.76. The highest BCUT2D eigenvalue weighted by Crippen LogP contribution is 2.28. The molecule has 0 aliphatic heterocycles. The van der Waals surface area contributed by atoms with Gasteiger partial charge in [0.05, 0.1) is 23.8 Å². The molecule has 0 saturated carbocycles. The van der Waals surface area contributed by atoms with Crippen LogP contribution in [-0.4, -0.2) is 15.7 Å². The second kappa shape index (κ2) is 7.05. The molecule has 0 N–H and O–H groups in total. The van der Waals surface area contributed by atoms with Crippen LogP contribution in [0.3, 0.4) is 0 Å². The summed E-state index contributed by atoms with van der Waals surface area (Å²) >= 11 is 18.5. The second-order valence-electron chi connectivity index (χ2n) is 4.61. The van der Waals surface area contributed by atoms with Gasteiger partial charge in [-0.15, -0.1) is 0 Å². The van der Waals surface area contributed by atoms with Crippen molar-refractivity contribution in [2.75, 3.05) is 0 Å². The molecule has 0 amide bonds. The predicted octanol–water partition coefficient (Wildman–Crippen LogP) is 2.86. The molecule has 23 heavy (non-hydrogen) atoms. The molecule has 0 aliphatic rings. The van der Waals surface area contributed by atoms with Crippen LogP contribution in [0, 0.1) is 18.3 Å². The average Bonchev–Trinajstić information content (AvgIpc) is 2.75. The van der Waals surface area contributed by atoms with E-state index in [4.69, 9.17) is 40.1 Å². The van der Waals surface area contributed by atoms with Crippen molar-refractivity contribution in [3.8, 4) is 6.07 Å². The van der Waals surface area contributed by atoms with E-state index in [1.165, 1.54) is 4.68 Å². The number of nitriles is 1. The van der Waals surface area contributed by atoms with E-state index in [1.807, 2.05) is 0 Å². The van der Waals surface area contributed by atoms with Crippen LogP contribution >= 0.6 is 34.8 Å². The molecular weight excluding hydrogens is 361 g/mol. The molecule has 0 saturated heterocycles. The summed E-state index contributed by atoms with van der Waals surface area (Å²) in [6, 6.07) is 6.65. The smallest absolute Gasteiger partial charge is 0.134 e. The minimum absolute atomic E-state index is 0.174. The van der Waals surface area contributed by atoms with Gasteiger partial charge in [0.2, 0.25) is 0 Å². The van der Waals surface area contributed by atoms with E-state index in [9.17, 15) is 9.90 Å². The van der Waals surface area contributed by atoms with Crippen molar-refractivity contribution in [2.45, 2.75) is 13.5 Å². The van der Waals surface area contributed by atoms with Crippen LogP contribution in [0.15, 0.2) is 23.8 Å². The summed E-state index contributed by atoms with van der Waals surface area (Å²) in [6.07, 6.45) is 1.13. The Kier molecular flexibility index (Phi) is 5.32. The molecule has 0 unspecified atom stereocenters. The Morgan fingerprint density at radius 1 is 1.39 bits per heavy atom. The number of aliphatic carboxylic acids is 1. The van der Waals surface area contributed by atoms with Gasteiger partial charge in [0.15, 0.2) is 0 Å². The van der Waals surface area contributed by atoms with Gasteiger partial charge in [-0.1, -0.05) is 40.9 Å². The van der Waals surface area contributed by atoms with Crippen molar-refractivity contribution < 1.29 is 9.90 Å². The maximum Gasteiger partial charge on any atom is 0.134 e. The number of benzene rings is 1. The van der Waals surface area contributed by atoms with Crippen molar-refractivity contribution in [1.82, 2.24) is 9.78 Å². The van der Waals surface area contributed by atoms with Crippen LogP contribution < -0.4 is 5.11 Å². The molecule has 0 radical (unpaired) electrons. The Bertz CT molecular complexity index is 830. The molecule has 8 heteroatoms. The number of hydrogen-bond acceptors (Lipinski definition) is 4. The van der Waals surface area contributed by atoms with Crippen molar-refractivity contribution >= 4 is 46.8 Å². The number of carbonyl (C=O) groups is 1. The highest BCUT2D eigenvalue weighted by atomic mass is 35.5. The van der Waals surface area contributed by atoms with Gasteiger partial charge in [0, 0.05) is 21.2 Å². The summed E-state index contributed by atoms with van der Waals surface area (Å²) in [5.41, 5.74) is 0.893. The van der Waals surface area contributed by atoms with Gasteiger partial charge in [-0.2, -0.15) is 10.4 Å². The number of halogens is 3. The molecular formula is C15H9Cl3N3O2-. The number of carboxylic acids is 1. The van der Waals surface area contributed by atoms with Crippen molar-refractivity contribution in [3.05, 3.63) is 55.8 Å². The van der Waals surface area contributed by atoms with Crippen LogP contribution in [0.1, 0.15) is 16.8 Å². The van der Waals surface area contributed by atoms with Gasteiger partial charge in [-0.3, -0.25) is 0 Å². The topological polar surface area (TPSA) is 81.7 Å². The van der Waals surface area contributed by atoms with Gasteiger partial charge >= 0.3 is 0 Å². The first-order valence-electron chi connectivity index (χ1n) is 6.34. The van der Waals surface area contributed by atoms with E-state index in [1.54, 1.807) is 31.2 Å². The Morgan fingerprint density at radius 3 is 2.52 bits per heavy atom. The van der Waals surface area contributed by atoms with Crippen LogP contribution in [0.5, 0.6) is 0 Å². The lowest BCUT2D eigenvalue weighted by Crippen LogP contribution is -2.23. The van der Waals surface area contributed by atoms with E-state index in [2.05, 4.69) is 5.10 Å². The fraction of sp³-hybridized carbons (Fsp3) is 0.133. The van der Waals surface area contributed by atoms with Crippen molar-refractivity contribution in [3.63, 3.8) is 0 Å². The molecule has 0 aliphatic carbocycles. The number of rotatable bonds is 4. The molecule has 1 aromatic carbocycles. The Labute approximate surface area is 147 Å². The molecule has 0 spiro atoms. The summed E-state index contributed by atoms with van der Waals surface area (Å²) in [5, 5.41) is 25.0. The summed E-state index contributed by atoms with van der Waals surface area (Å²) in [6.45, 7) is 1.85. The SMILES string of the molecule is Cc1nn(Cc2c(Cl)cccc2Cl)c(Cl)c1/C=C(\C#N)C(=O)[O-]. The molecule has 2 aromatic rings. The number of carboxylic acid groups (broad SMARTS) is 1. The number of aryl methyl sites for hydroxylation is 1. The largest absolute Gasteiger partial charge is 0.544 e. The van der Waals surface area contributed by atoms with Gasteiger partial charge in [-0.05, 0) is 25.1 Å². The van der Waals surface area contributed by atoms with Gasteiger partial charge in [-0.25, -0.2) is 4.68 Å². The molecule has 1 aromatic heterocycles. The number of aromatic nitrogens is 2. The third-order valence-electron chi connectivity index (χ3n) is 3.11. The Hall–Kier alpha value is -2.00. The van der Waals surface area contributed by atoms with Gasteiger partial charge in [0.25, 0.3) is 0 Å². The van der Waals surface area contributed by atoms with E-state index >= 15 is 0 Å². The predicted molar refractivity (Wildman–Crippen MR) is 86.1 cm³/mol.